The average Bonchev–Trinajstić information content (AvgIpc) is 2.78. The van der Waals surface area contributed by atoms with Crippen molar-refractivity contribution in [1.82, 2.24) is 0 Å². The van der Waals surface area contributed by atoms with Crippen LogP contribution in [-0.2, 0) is 4.84 Å². The fourth-order valence-electron chi connectivity index (χ4n) is 1.53. The summed E-state index contributed by atoms with van der Waals surface area (Å²) in [5, 5.41) is 4.01. The van der Waals surface area contributed by atoms with Crippen LogP contribution in [0, 0.1) is 0 Å². The van der Waals surface area contributed by atoms with Gasteiger partial charge in [-0.3, -0.25) is 0 Å². The maximum atomic E-state index is 5.51. The molecule has 4 heteroatoms. The zero-order chi connectivity index (χ0) is 10.7. The Bertz CT molecular complexity index is 377. The van der Waals surface area contributed by atoms with Crippen molar-refractivity contribution in [2.24, 2.45) is 10.9 Å². The van der Waals surface area contributed by atoms with Gasteiger partial charge >= 0.3 is 0 Å². The molecule has 0 radical (unpaired) electrons. The molecule has 4 nitrogen and oxygen atoms in total. The largest absolute Gasteiger partial charge is 0.497 e. The zero-order valence-corrected chi connectivity index (χ0v) is 8.64. The third kappa shape index (κ3) is 2.10. The lowest BCUT2D eigenvalue weighted by molar-refractivity contribution is 0.0918. The molecule has 0 aromatic heterocycles. The zero-order valence-electron chi connectivity index (χ0n) is 8.64. The normalized spacial score (nSPS) is 19.6. The van der Waals surface area contributed by atoms with Gasteiger partial charge in [-0.1, -0.05) is 17.3 Å². The number of methoxy groups -OCH3 is 1. The molecule has 0 amide bonds. The van der Waals surface area contributed by atoms with Gasteiger partial charge in [0, 0.05) is 18.5 Å². The first-order valence-electron chi connectivity index (χ1n) is 4.90. The van der Waals surface area contributed by atoms with Crippen LogP contribution >= 0.6 is 0 Å². The van der Waals surface area contributed by atoms with E-state index in [0.29, 0.717) is 6.54 Å². The second kappa shape index (κ2) is 4.31. The van der Waals surface area contributed by atoms with E-state index in [9.17, 15) is 0 Å². The minimum Gasteiger partial charge on any atom is -0.497 e. The predicted molar refractivity (Wildman–Crippen MR) is 58.1 cm³/mol. The highest BCUT2D eigenvalue weighted by Crippen LogP contribution is 2.19. The SMILES string of the molecule is COc1cccc(C2=NOC(CN)C2)c1. The van der Waals surface area contributed by atoms with Crippen LogP contribution in [0.25, 0.3) is 0 Å². The van der Waals surface area contributed by atoms with Gasteiger partial charge in [-0.25, -0.2) is 0 Å². The summed E-state index contributed by atoms with van der Waals surface area (Å²) in [6.45, 7) is 0.497. The molecule has 0 fully saturated rings. The molecule has 1 unspecified atom stereocenters. The first kappa shape index (κ1) is 9.98. The highest BCUT2D eigenvalue weighted by Gasteiger charge is 2.20. The molecule has 2 rings (SSSR count). The molecule has 1 atom stereocenters. The highest BCUT2D eigenvalue weighted by atomic mass is 16.6. The Morgan fingerprint density at radius 1 is 1.60 bits per heavy atom. The summed E-state index contributed by atoms with van der Waals surface area (Å²) in [5.41, 5.74) is 7.47. The molecule has 0 spiro atoms. The molecule has 80 valence electrons. The number of hydrogen-bond acceptors (Lipinski definition) is 4. The van der Waals surface area contributed by atoms with E-state index in [1.807, 2.05) is 24.3 Å². The number of oxime groups is 1. The van der Waals surface area contributed by atoms with Crippen LogP contribution in [0.15, 0.2) is 29.4 Å². The molecular formula is C11H14N2O2. The van der Waals surface area contributed by atoms with E-state index in [1.54, 1.807) is 7.11 Å². The van der Waals surface area contributed by atoms with Crippen molar-refractivity contribution in [3.05, 3.63) is 29.8 Å². The summed E-state index contributed by atoms with van der Waals surface area (Å²) in [5.74, 6) is 0.825. The average molecular weight is 206 g/mol. The summed E-state index contributed by atoms with van der Waals surface area (Å²) in [4.78, 5) is 5.16. The standard InChI is InChI=1S/C11H14N2O2/c1-14-9-4-2-3-8(5-9)11-6-10(7-12)15-13-11/h2-5,10H,6-7,12H2,1H3. The van der Waals surface area contributed by atoms with Crippen molar-refractivity contribution in [3.63, 3.8) is 0 Å². The van der Waals surface area contributed by atoms with Crippen LogP contribution in [0.5, 0.6) is 5.75 Å². The molecule has 0 saturated carbocycles. The molecule has 0 aliphatic carbocycles. The summed E-state index contributed by atoms with van der Waals surface area (Å²) in [6.07, 6.45) is 0.787. The molecule has 0 bridgehead atoms. The van der Waals surface area contributed by atoms with Crippen molar-refractivity contribution in [2.75, 3.05) is 13.7 Å². The van der Waals surface area contributed by atoms with Gasteiger partial charge in [-0.05, 0) is 12.1 Å². The second-order valence-corrected chi connectivity index (χ2v) is 3.44. The maximum absolute atomic E-state index is 5.51. The van der Waals surface area contributed by atoms with Crippen molar-refractivity contribution < 1.29 is 9.57 Å². The van der Waals surface area contributed by atoms with Crippen molar-refractivity contribution in [1.29, 1.82) is 0 Å². The molecular weight excluding hydrogens is 192 g/mol. The van der Waals surface area contributed by atoms with E-state index in [1.165, 1.54) is 0 Å². The summed E-state index contributed by atoms with van der Waals surface area (Å²) in [7, 11) is 1.65. The van der Waals surface area contributed by atoms with Crippen LogP contribution in [0.3, 0.4) is 0 Å². The molecule has 2 N–H and O–H groups in total. The van der Waals surface area contributed by atoms with E-state index in [-0.39, 0.29) is 6.10 Å². The first-order valence-corrected chi connectivity index (χ1v) is 4.90. The lowest BCUT2D eigenvalue weighted by Crippen LogP contribution is -2.20. The molecule has 15 heavy (non-hydrogen) atoms. The third-order valence-corrected chi connectivity index (χ3v) is 2.40. The predicted octanol–water partition coefficient (Wildman–Crippen LogP) is 1.15. The van der Waals surface area contributed by atoms with Gasteiger partial charge in [0.2, 0.25) is 0 Å². The van der Waals surface area contributed by atoms with Gasteiger partial charge in [-0.2, -0.15) is 0 Å². The molecule has 0 saturated heterocycles. The first-order chi connectivity index (χ1) is 7.33. The van der Waals surface area contributed by atoms with Crippen LogP contribution in [0.2, 0.25) is 0 Å². The summed E-state index contributed by atoms with van der Waals surface area (Å²) in [6, 6.07) is 7.78. The Labute approximate surface area is 88.7 Å². The number of benzene rings is 1. The minimum atomic E-state index is 0.0196. The molecule has 1 aliphatic heterocycles. The molecule has 1 aromatic rings. The lowest BCUT2D eigenvalue weighted by Gasteiger charge is -2.03. The summed E-state index contributed by atoms with van der Waals surface area (Å²) < 4.78 is 5.15. The van der Waals surface area contributed by atoms with Gasteiger partial charge in [0.05, 0.1) is 12.8 Å². The lowest BCUT2D eigenvalue weighted by atomic mass is 10.0. The van der Waals surface area contributed by atoms with Gasteiger partial charge in [0.15, 0.2) is 0 Å². The number of rotatable bonds is 3. The van der Waals surface area contributed by atoms with Crippen molar-refractivity contribution in [2.45, 2.75) is 12.5 Å². The van der Waals surface area contributed by atoms with Gasteiger partial charge in [0.1, 0.15) is 11.9 Å². The molecule has 1 aliphatic rings. The molecule has 1 aromatic carbocycles. The smallest absolute Gasteiger partial charge is 0.145 e. The van der Waals surface area contributed by atoms with E-state index < -0.39 is 0 Å². The Hall–Kier alpha value is -1.55. The van der Waals surface area contributed by atoms with Gasteiger partial charge in [0.25, 0.3) is 0 Å². The summed E-state index contributed by atoms with van der Waals surface area (Å²) >= 11 is 0. The fourth-order valence-corrected chi connectivity index (χ4v) is 1.53. The van der Waals surface area contributed by atoms with Crippen molar-refractivity contribution in [3.8, 4) is 5.75 Å². The number of hydrogen-bond donors (Lipinski definition) is 1. The fraction of sp³-hybridized carbons (Fsp3) is 0.364. The van der Waals surface area contributed by atoms with Crippen molar-refractivity contribution >= 4 is 5.71 Å². The Balaban J connectivity index is 2.16. The van der Waals surface area contributed by atoms with Crippen LogP contribution in [-0.4, -0.2) is 25.5 Å². The minimum absolute atomic E-state index is 0.0196. The quantitative estimate of drug-likeness (QED) is 0.807. The van der Waals surface area contributed by atoms with Crippen LogP contribution in [0.1, 0.15) is 12.0 Å². The number of nitrogens with zero attached hydrogens (tertiary/aromatic N) is 1. The molecule has 1 heterocycles. The van der Waals surface area contributed by atoms with Gasteiger partial charge < -0.3 is 15.3 Å². The Morgan fingerprint density at radius 3 is 3.13 bits per heavy atom. The van der Waals surface area contributed by atoms with Crippen LogP contribution in [0.4, 0.5) is 0 Å². The topological polar surface area (TPSA) is 56.8 Å². The van der Waals surface area contributed by atoms with E-state index >= 15 is 0 Å². The number of nitrogens with two attached hydrogens (primary N) is 1. The second-order valence-electron chi connectivity index (χ2n) is 3.44. The van der Waals surface area contributed by atoms with E-state index in [2.05, 4.69) is 5.16 Å². The number of ether oxygens (including phenoxy) is 1. The maximum Gasteiger partial charge on any atom is 0.145 e. The Kier molecular flexibility index (Phi) is 2.87. The van der Waals surface area contributed by atoms with Crippen LogP contribution < -0.4 is 10.5 Å². The van der Waals surface area contributed by atoms with E-state index in [0.717, 1.165) is 23.4 Å². The highest BCUT2D eigenvalue weighted by molar-refractivity contribution is 6.01. The van der Waals surface area contributed by atoms with E-state index in [4.69, 9.17) is 15.3 Å². The third-order valence-electron chi connectivity index (χ3n) is 2.40. The Morgan fingerprint density at radius 2 is 2.47 bits per heavy atom. The monoisotopic (exact) mass is 206 g/mol. The van der Waals surface area contributed by atoms with Gasteiger partial charge in [-0.15, -0.1) is 0 Å².